The molecule has 3 rings (SSSR count). The maximum atomic E-state index is 12.7. The average molecular weight is 463 g/mol. The number of hydrogen-bond donors (Lipinski definition) is 1. The van der Waals surface area contributed by atoms with Crippen molar-refractivity contribution >= 4 is 15.9 Å². The summed E-state index contributed by atoms with van der Waals surface area (Å²) in [6, 6.07) is 11.3. The fourth-order valence-corrected chi connectivity index (χ4v) is 4.82. The highest BCUT2D eigenvalue weighted by atomic mass is 32.2. The zero-order chi connectivity index (χ0) is 23.1. The van der Waals surface area contributed by atoms with E-state index in [0.29, 0.717) is 56.6 Å². The summed E-state index contributed by atoms with van der Waals surface area (Å²) in [6.45, 7) is 8.14. The van der Waals surface area contributed by atoms with Crippen LogP contribution in [0.3, 0.4) is 0 Å². The number of benzene rings is 2. The van der Waals surface area contributed by atoms with Gasteiger partial charge < -0.3 is 19.5 Å². The summed E-state index contributed by atoms with van der Waals surface area (Å²) in [5, 5.41) is 2.94. The van der Waals surface area contributed by atoms with Crippen molar-refractivity contribution in [1.29, 1.82) is 0 Å². The van der Waals surface area contributed by atoms with E-state index in [-0.39, 0.29) is 16.8 Å². The summed E-state index contributed by atoms with van der Waals surface area (Å²) in [7, 11) is -3.59. The number of ether oxygens (including phenoxy) is 3. The van der Waals surface area contributed by atoms with E-state index in [1.54, 1.807) is 0 Å². The average Bonchev–Trinajstić information content (AvgIpc) is 2.81. The van der Waals surface area contributed by atoms with E-state index >= 15 is 0 Å². The van der Waals surface area contributed by atoms with Crippen molar-refractivity contribution in [2.24, 2.45) is 0 Å². The number of carbonyl (C=O) groups excluding carboxylic acids is 1. The minimum Gasteiger partial charge on any atom is -0.490 e. The third-order valence-corrected chi connectivity index (χ3v) is 7.05. The van der Waals surface area contributed by atoms with E-state index < -0.39 is 10.0 Å². The van der Waals surface area contributed by atoms with Crippen LogP contribution in [-0.2, 0) is 14.8 Å². The van der Waals surface area contributed by atoms with Gasteiger partial charge in [0.1, 0.15) is 0 Å². The number of sulfonamides is 1. The van der Waals surface area contributed by atoms with Crippen LogP contribution in [0.4, 0.5) is 0 Å². The van der Waals surface area contributed by atoms with E-state index in [2.05, 4.69) is 5.32 Å². The zero-order valence-corrected chi connectivity index (χ0v) is 19.5. The van der Waals surface area contributed by atoms with E-state index in [1.807, 2.05) is 39.0 Å². The first-order chi connectivity index (χ1) is 15.4. The molecule has 0 spiro atoms. The Labute approximate surface area is 189 Å². The topological polar surface area (TPSA) is 94.2 Å². The molecule has 1 aliphatic rings. The van der Waals surface area contributed by atoms with Crippen LogP contribution in [-0.4, -0.2) is 58.1 Å². The van der Waals surface area contributed by atoms with Crippen LogP contribution in [0.1, 0.15) is 42.7 Å². The first-order valence-electron chi connectivity index (χ1n) is 10.7. The summed E-state index contributed by atoms with van der Waals surface area (Å²) in [6.07, 6.45) is 0. The Balaban J connectivity index is 1.69. The van der Waals surface area contributed by atoms with Gasteiger partial charge in [-0.3, -0.25) is 4.79 Å². The molecule has 1 aliphatic heterocycles. The monoisotopic (exact) mass is 462 g/mol. The molecule has 0 unspecified atom stereocenters. The van der Waals surface area contributed by atoms with Gasteiger partial charge in [0.15, 0.2) is 11.5 Å². The summed E-state index contributed by atoms with van der Waals surface area (Å²) >= 11 is 0. The summed E-state index contributed by atoms with van der Waals surface area (Å²) in [5.41, 5.74) is 1.26. The van der Waals surface area contributed by atoms with Crippen molar-refractivity contribution in [2.75, 3.05) is 39.5 Å². The highest BCUT2D eigenvalue weighted by Crippen LogP contribution is 2.31. The number of nitrogens with one attached hydrogen (secondary N) is 1. The number of morpholine rings is 1. The molecule has 174 valence electrons. The van der Waals surface area contributed by atoms with Gasteiger partial charge in [-0.2, -0.15) is 4.31 Å². The molecule has 32 heavy (non-hydrogen) atoms. The molecular weight excluding hydrogens is 432 g/mol. The van der Waals surface area contributed by atoms with Crippen LogP contribution in [0.15, 0.2) is 47.4 Å². The second-order valence-corrected chi connectivity index (χ2v) is 9.25. The lowest BCUT2D eigenvalue weighted by Gasteiger charge is -2.26. The number of hydrogen-bond acceptors (Lipinski definition) is 6. The van der Waals surface area contributed by atoms with Crippen molar-refractivity contribution in [3.05, 3.63) is 53.6 Å². The van der Waals surface area contributed by atoms with Crippen molar-refractivity contribution in [3.8, 4) is 11.5 Å². The fraction of sp³-hybridized carbons (Fsp3) is 0.435. The van der Waals surface area contributed by atoms with Gasteiger partial charge in [-0.05, 0) is 62.7 Å². The van der Waals surface area contributed by atoms with Gasteiger partial charge in [-0.15, -0.1) is 0 Å². The van der Waals surface area contributed by atoms with Gasteiger partial charge in [0.05, 0.1) is 37.4 Å². The Morgan fingerprint density at radius 1 is 1.03 bits per heavy atom. The van der Waals surface area contributed by atoms with Gasteiger partial charge in [0, 0.05) is 18.7 Å². The van der Waals surface area contributed by atoms with Crippen LogP contribution < -0.4 is 14.8 Å². The van der Waals surface area contributed by atoms with E-state index in [4.69, 9.17) is 14.2 Å². The lowest BCUT2D eigenvalue weighted by Crippen LogP contribution is -2.40. The van der Waals surface area contributed by atoms with E-state index in [0.717, 1.165) is 5.56 Å². The molecule has 1 saturated heterocycles. The molecule has 0 aromatic heterocycles. The van der Waals surface area contributed by atoms with Gasteiger partial charge in [0.2, 0.25) is 10.0 Å². The Hall–Kier alpha value is -2.62. The minimum atomic E-state index is -3.59. The molecule has 1 amide bonds. The maximum absolute atomic E-state index is 12.7. The Morgan fingerprint density at radius 3 is 2.28 bits per heavy atom. The number of rotatable bonds is 9. The van der Waals surface area contributed by atoms with Crippen molar-refractivity contribution < 1.29 is 27.4 Å². The summed E-state index contributed by atoms with van der Waals surface area (Å²) < 4.78 is 43.3. The molecule has 2 aromatic carbocycles. The molecule has 0 radical (unpaired) electrons. The smallest absolute Gasteiger partial charge is 0.251 e. The Morgan fingerprint density at radius 2 is 1.66 bits per heavy atom. The van der Waals surface area contributed by atoms with Gasteiger partial charge in [-0.1, -0.05) is 6.07 Å². The fourth-order valence-electron chi connectivity index (χ4n) is 3.41. The zero-order valence-electron chi connectivity index (χ0n) is 18.7. The van der Waals surface area contributed by atoms with E-state index in [9.17, 15) is 13.2 Å². The van der Waals surface area contributed by atoms with Gasteiger partial charge in [-0.25, -0.2) is 8.42 Å². The normalized spacial score (nSPS) is 15.7. The molecule has 8 nitrogen and oxygen atoms in total. The predicted molar refractivity (Wildman–Crippen MR) is 121 cm³/mol. The van der Waals surface area contributed by atoms with Crippen LogP contribution in [0, 0.1) is 0 Å². The quantitative estimate of drug-likeness (QED) is 0.616. The van der Waals surface area contributed by atoms with Crippen LogP contribution >= 0.6 is 0 Å². The predicted octanol–water partition coefficient (Wildman–Crippen LogP) is 3.00. The summed E-state index contributed by atoms with van der Waals surface area (Å²) in [5.74, 6) is 0.999. The molecule has 0 aliphatic carbocycles. The third kappa shape index (κ3) is 5.59. The molecular formula is C23H30N2O6S. The maximum Gasteiger partial charge on any atom is 0.251 e. The first-order valence-corrected chi connectivity index (χ1v) is 12.2. The molecule has 9 heteroatoms. The van der Waals surface area contributed by atoms with Crippen molar-refractivity contribution in [3.63, 3.8) is 0 Å². The largest absolute Gasteiger partial charge is 0.490 e. The molecule has 1 N–H and O–H groups in total. The molecule has 2 aromatic rings. The molecule has 1 heterocycles. The SMILES string of the molecule is CCOc1ccc([C@@H](C)NC(=O)c2ccc(S(=O)(=O)N3CCOCC3)cc2)cc1OCC. The van der Waals surface area contributed by atoms with Crippen LogP contribution in [0.5, 0.6) is 11.5 Å². The number of nitrogens with zero attached hydrogens (tertiary/aromatic N) is 1. The summed E-state index contributed by atoms with van der Waals surface area (Å²) in [4.78, 5) is 12.9. The standard InChI is InChI=1S/C23H30N2O6S/c1-4-30-21-11-8-19(16-22(21)31-5-2)17(3)24-23(26)18-6-9-20(10-7-18)32(27,28)25-12-14-29-15-13-25/h6-11,16-17H,4-5,12-15H2,1-3H3,(H,24,26)/t17-/m1/s1. The van der Waals surface area contributed by atoms with Crippen molar-refractivity contribution in [2.45, 2.75) is 31.7 Å². The van der Waals surface area contributed by atoms with Gasteiger partial charge in [0.25, 0.3) is 5.91 Å². The third-order valence-electron chi connectivity index (χ3n) is 5.14. The lowest BCUT2D eigenvalue weighted by molar-refractivity contribution is 0.0730. The molecule has 1 fully saturated rings. The van der Waals surface area contributed by atoms with Crippen LogP contribution in [0.25, 0.3) is 0 Å². The number of carbonyl (C=O) groups is 1. The molecule has 1 atom stereocenters. The lowest BCUT2D eigenvalue weighted by atomic mass is 10.1. The number of amides is 1. The molecule has 0 bridgehead atoms. The Kier molecular flexibility index (Phi) is 8.11. The highest BCUT2D eigenvalue weighted by molar-refractivity contribution is 7.89. The first kappa shape index (κ1) is 24.0. The Bertz CT molecular complexity index is 1020. The molecule has 0 saturated carbocycles. The highest BCUT2D eigenvalue weighted by Gasteiger charge is 2.26. The van der Waals surface area contributed by atoms with Crippen molar-refractivity contribution in [1.82, 2.24) is 9.62 Å². The van der Waals surface area contributed by atoms with E-state index in [1.165, 1.54) is 28.6 Å². The second-order valence-electron chi connectivity index (χ2n) is 7.31. The second kappa shape index (κ2) is 10.8. The minimum absolute atomic E-state index is 0.164. The van der Waals surface area contributed by atoms with Crippen LogP contribution in [0.2, 0.25) is 0 Å². The van der Waals surface area contributed by atoms with Gasteiger partial charge >= 0.3 is 0 Å².